The van der Waals surface area contributed by atoms with E-state index < -0.39 is 5.67 Å². The van der Waals surface area contributed by atoms with Gasteiger partial charge in [-0.3, -0.25) is 4.79 Å². The van der Waals surface area contributed by atoms with E-state index in [0.717, 1.165) is 56.5 Å². The predicted molar refractivity (Wildman–Crippen MR) is 136 cm³/mol. The molecule has 2 saturated carbocycles. The molecule has 2 aliphatic heterocycles. The summed E-state index contributed by atoms with van der Waals surface area (Å²) in [6.45, 7) is 5.39. The van der Waals surface area contributed by atoms with Gasteiger partial charge in [0.15, 0.2) is 11.4 Å². The zero-order chi connectivity index (χ0) is 25.5. The number of alkyl halides is 1. The lowest BCUT2D eigenvalue weighted by molar-refractivity contribution is -0.171. The molecule has 4 heterocycles. The molecule has 2 aliphatic carbocycles. The molecule has 1 unspecified atom stereocenters. The smallest absolute Gasteiger partial charge is 0.260 e. The number of nitrogens with zero attached hydrogens (tertiary/aromatic N) is 3. The van der Waals surface area contributed by atoms with Crippen molar-refractivity contribution in [1.29, 1.82) is 0 Å². The molecule has 2 saturated heterocycles. The van der Waals surface area contributed by atoms with Crippen LogP contribution in [0.25, 0.3) is 11.3 Å². The highest BCUT2D eigenvalue weighted by molar-refractivity contribution is 5.86. The number of amides is 1. The Bertz CT molecular complexity index is 1130. The van der Waals surface area contributed by atoms with Crippen molar-refractivity contribution in [1.82, 2.24) is 20.2 Å². The average molecular weight is 511 g/mol. The fourth-order valence-electron chi connectivity index (χ4n) is 6.24. The van der Waals surface area contributed by atoms with E-state index in [0.29, 0.717) is 50.0 Å². The highest BCUT2D eigenvalue weighted by Crippen LogP contribution is 2.51. The molecule has 1 N–H and O–H groups in total. The van der Waals surface area contributed by atoms with Crippen LogP contribution < -0.4 is 19.5 Å². The molecule has 198 valence electrons. The quantitative estimate of drug-likeness (QED) is 0.576. The summed E-state index contributed by atoms with van der Waals surface area (Å²) in [6.07, 6.45) is 6.72. The van der Waals surface area contributed by atoms with Crippen LogP contribution in [0.1, 0.15) is 51.9 Å². The van der Waals surface area contributed by atoms with Gasteiger partial charge in [-0.1, -0.05) is 0 Å². The minimum atomic E-state index is -1.63. The third-order valence-corrected chi connectivity index (χ3v) is 8.18. The maximum absolute atomic E-state index is 14.9. The Kier molecular flexibility index (Phi) is 6.42. The molecule has 9 heteroatoms. The second kappa shape index (κ2) is 9.74. The van der Waals surface area contributed by atoms with Crippen molar-refractivity contribution in [3.63, 3.8) is 0 Å². The molecule has 2 aromatic heterocycles. The van der Waals surface area contributed by atoms with Crippen LogP contribution in [-0.4, -0.2) is 71.4 Å². The SMILES string of the molecule is CCOc1ncccc1-c1ccc(OC2CC3(C2)CN(C(=O)C2(F)CCCC2)C3)c(OC2CCNC2)n1. The Morgan fingerprint density at radius 1 is 1.14 bits per heavy atom. The number of carbonyl (C=O) groups is 1. The van der Waals surface area contributed by atoms with Crippen molar-refractivity contribution in [3.8, 4) is 28.8 Å². The van der Waals surface area contributed by atoms with E-state index in [1.807, 2.05) is 31.2 Å². The summed E-state index contributed by atoms with van der Waals surface area (Å²) in [6, 6.07) is 7.63. The van der Waals surface area contributed by atoms with Gasteiger partial charge in [-0.25, -0.2) is 14.4 Å². The monoisotopic (exact) mass is 510 g/mol. The minimum absolute atomic E-state index is 0.0251. The van der Waals surface area contributed by atoms with E-state index in [1.54, 1.807) is 11.1 Å². The molecule has 2 aromatic rings. The summed E-state index contributed by atoms with van der Waals surface area (Å²) >= 11 is 0. The fraction of sp³-hybridized carbons (Fsp3) is 0.607. The molecule has 0 bridgehead atoms. The number of pyridine rings is 2. The number of hydrogen-bond donors (Lipinski definition) is 1. The van der Waals surface area contributed by atoms with Crippen LogP contribution in [0, 0.1) is 5.41 Å². The van der Waals surface area contributed by atoms with E-state index in [9.17, 15) is 9.18 Å². The van der Waals surface area contributed by atoms with Crippen molar-refractivity contribution in [2.45, 2.75) is 69.7 Å². The van der Waals surface area contributed by atoms with Crippen molar-refractivity contribution < 1.29 is 23.4 Å². The van der Waals surface area contributed by atoms with E-state index in [-0.39, 0.29) is 23.5 Å². The van der Waals surface area contributed by atoms with E-state index in [4.69, 9.17) is 19.2 Å². The van der Waals surface area contributed by atoms with Crippen LogP contribution in [0.4, 0.5) is 4.39 Å². The molecular formula is C28H35FN4O4. The highest BCUT2D eigenvalue weighted by Gasteiger charge is 2.58. The lowest BCUT2D eigenvalue weighted by Gasteiger charge is -2.59. The first kappa shape index (κ1) is 24.4. The standard InChI is InChI=1S/C28H35FN4O4/c1-2-35-24-21(6-5-12-31-24)22-7-8-23(25(32-22)37-19-9-13-30-16-19)36-20-14-27(15-20)17-33(18-27)26(34)28(29)10-3-4-11-28/h5-8,12,19-20,30H,2-4,9-11,13-18H2,1H3. The average Bonchev–Trinajstić information content (AvgIpc) is 3.53. The largest absolute Gasteiger partial charge is 0.485 e. The van der Waals surface area contributed by atoms with Crippen LogP contribution in [0.5, 0.6) is 17.5 Å². The molecule has 1 amide bonds. The van der Waals surface area contributed by atoms with Gasteiger partial charge < -0.3 is 24.4 Å². The fourth-order valence-corrected chi connectivity index (χ4v) is 6.24. The van der Waals surface area contributed by atoms with Gasteiger partial charge in [0, 0.05) is 31.2 Å². The summed E-state index contributed by atoms with van der Waals surface area (Å²) in [4.78, 5) is 23.5. The Hall–Kier alpha value is -2.94. The number of nitrogens with one attached hydrogen (secondary N) is 1. The van der Waals surface area contributed by atoms with Gasteiger partial charge in [0.2, 0.25) is 5.88 Å². The number of halogens is 1. The molecule has 0 aromatic carbocycles. The molecule has 4 aliphatic rings. The van der Waals surface area contributed by atoms with Gasteiger partial charge in [0.1, 0.15) is 12.2 Å². The zero-order valence-corrected chi connectivity index (χ0v) is 21.4. The normalized spacial score (nSPS) is 23.9. The second-order valence-corrected chi connectivity index (χ2v) is 11.0. The van der Waals surface area contributed by atoms with Gasteiger partial charge in [-0.05, 0) is 82.7 Å². The third-order valence-electron chi connectivity index (χ3n) is 8.18. The van der Waals surface area contributed by atoms with Crippen LogP contribution in [0.2, 0.25) is 0 Å². The maximum atomic E-state index is 14.9. The molecule has 37 heavy (non-hydrogen) atoms. The Labute approximate surface area is 216 Å². The van der Waals surface area contributed by atoms with Crippen LogP contribution in [0.3, 0.4) is 0 Å². The van der Waals surface area contributed by atoms with Gasteiger partial charge in [0.25, 0.3) is 11.8 Å². The Morgan fingerprint density at radius 2 is 1.95 bits per heavy atom. The number of likely N-dealkylation sites (tertiary alicyclic amines) is 1. The summed E-state index contributed by atoms with van der Waals surface area (Å²) in [5, 5.41) is 3.33. The number of ether oxygens (including phenoxy) is 3. The second-order valence-electron chi connectivity index (χ2n) is 11.0. The topological polar surface area (TPSA) is 85.8 Å². The van der Waals surface area contributed by atoms with Crippen molar-refractivity contribution in [2.75, 3.05) is 32.8 Å². The number of carbonyl (C=O) groups excluding carboxylic acids is 1. The van der Waals surface area contributed by atoms with Gasteiger partial charge in [0.05, 0.1) is 17.9 Å². The van der Waals surface area contributed by atoms with E-state index >= 15 is 0 Å². The lowest BCUT2D eigenvalue weighted by Crippen LogP contribution is -2.68. The van der Waals surface area contributed by atoms with Crippen LogP contribution in [-0.2, 0) is 4.79 Å². The first-order chi connectivity index (χ1) is 18.0. The number of rotatable bonds is 8. The minimum Gasteiger partial charge on any atom is -0.485 e. The summed E-state index contributed by atoms with van der Waals surface area (Å²) < 4.78 is 33.3. The summed E-state index contributed by atoms with van der Waals surface area (Å²) in [5.74, 6) is 1.34. The number of hydrogen-bond acceptors (Lipinski definition) is 7. The Morgan fingerprint density at radius 3 is 2.68 bits per heavy atom. The lowest BCUT2D eigenvalue weighted by atomic mass is 9.61. The summed E-state index contributed by atoms with van der Waals surface area (Å²) in [5.41, 5.74) is -0.0526. The molecule has 6 rings (SSSR count). The molecular weight excluding hydrogens is 475 g/mol. The van der Waals surface area contributed by atoms with Gasteiger partial charge >= 0.3 is 0 Å². The summed E-state index contributed by atoms with van der Waals surface area (Å²) in [7, 11) is 0. The predicted octanol–water partition coefficient (Wildman–Crippen LogP) is 3.94. The first-order valence-electron chi connectivity index (χ1n) is 13.6. The van der Waals surface area contributed by atoms with E-state index in [2.05, 4.69) is 10.3 Å². The first-order valence-corrected chi connectivity index (χ1v) is 13.6. The van der Waals surface area contributed by atoms with Crippen molar-refractivity contribution >= 4 is 5.91 Å². The highest BCUT2D eigenvalue weighted by atomic mass is 19.1. The van der Waals surface area contributed by atoms with Crippen LogP contribution in [0.15, 0.2) is 30.5 Å². The van der Waals surface area contributed by atoms with Crippen molar-refractivity contribution in [3.05, 3.63) is 30.5 Å². The number of aromatic nitrogens is 2. The molecule has 4 fully saturated rings. The van der Waals surface area contributed by atoms with Gasteiger partial charge in [-0.15, -0.1) is 0 Å². The van der Waals surface area contributed by atoms with Crippen molar-refractivity contribution in [2.24, 2.45) is 5.41 Å². The van der Waals surface area contributed by atoms with Gasteiger partial charge in [-0.2, -0.15) is 0 Å². The Balaban J connectivity index is 1.13. The van der Waals surface area contributed by atoms with E-state index in [1.165, 1.54) is 0 Å². The van der Waals surface area contributed by atoms with Crippen LogP contribution >= 0.6 is 0 Å². The molecule has 0 radical (unpaired) electrons. The maximum Gasteiger partial charge on any atom is 0.260 e. The zero-order valence-electron chi connectivity index (χ0n) is 21.4. The molecule has 1 atom stereocenters. The molecule has 8 nitrogen and oxygen atoms in total. The third kappa shape index (κ3) is 4.74. The molecule has 1 spiro atoms.